The average Bonchev–Trinajstić information content (AvgIpc) is 2.71. The van der Waals surface area contributed by atoms with Gasteiger partial charge in [-0.3, -0.25) is 9.59 Å². The van der Waals surface area contributed by atoms with Gasteiger partial charge in [0.05, 0.1) is 18.4 Å². The second-order valence-electron chi connectivity index (χ2n) is 3.27. The highest BCUT2D eigenvalue weighted by Crippen LogP contribution is 2.15. The van der Waals surface area contributed by atoms with Crippen LogP contribution in [0.3, 0.4) is 0 Å². The summed E-state index contributed by atoms with van der Waals surface area (Å²) in [6.07, 6.45) is 2.16. The molecule has 1 rings (SSSR count). The standard InChI is InChI=1S/C11H14ClNO4/c1-2-16-9(14)4-3-6-13-11(15)8-5-7-17-10(8)12/h5,7H,2-4,6H2,1H3,(H,13,15). The van der Waals surface area contributed by atoms with E-state index in [0.717, 1.165) is 0 Å². The molecule has 0 spiro atoms. The van der Waals surface area contributed by atoms with Crippen molar-refractivity contribution in [3.63, 3.8) is 0 Å². The van der Waals surface area contributed by atoms with E-state index in [1.165, 1.54) is 12.3 Å². The molecular weight excluding hydrogens is 246 g/mol. The van der Waals surface area contributed by atoms with Crippen molar-refractivity contribution in [2.45, 2.75) is 19.8 Å². The number of esters is 1. The number of furan rings is 1. The summed E-state index contributed by atoms with van der Waals surface area (Å²) >= 11 is 5.64. The van der Waals surface area contributed by atoms with E-state index in [-0.39, 0.29) is 23.5 Å². The summed E-state index contributed by atoms with van der Waals surface area (Å²) in [7, 11) is 0. The lowest BCUT2D eigenvalue weighted by atomic mass is 10.3. The van der Waals surface area contributed by atoms with Gasteiger partial charge in [0.15, 0.2) is 0 Å². The molecule has 1 aromatic rings. The van der Waals surface area contributed by atoms with Crippen LogP contribution in [0.5, 0.6) is 0 Å². The number of ether oxygens (including phenoxy) is 1. The lowest BCUT2D eigenvalue weighted by Gasteiger charge is -2.03. The van der Waals surface area contributed by atoms with Crippen molar-refractivity contribution in [3.8, 4) is 0 Å². The van der Waals surface area contributed by atoms with Crippen molar-refractivity contribution in [1.29, 1.82) is 0 Å². The summed E-state index contributed by atoms with van der Waals surface area (Å²) in [4.78, 5) is 22.5. The van der Waals surface area contributed by atoms with Crippen LogP contribution >= 0.6 is 11.6 Å². The number of nitrogens with one attached hydrogen (secondary N) is 1. The fourth-order valence-electron chi connectivity index (χ4n) is 1.22. The van der Waals surface area contributed by atoms with Gasteiger partial charge in [0.2, 0.25) is 5.22 Å². The van der Waals surface area contributed by atoms with Crippen LogP contribution in [0.4, 0.5) is 0 Å². The van der Waals surface area contributed by atoms with Crippen molar-refractivity contribution >= 4 is 23.5 Å². The van der Waals surface area contributed by atoms with Crippen LogP contribution in [-0.4, -0.2) is 25.0 Å². The van der Waals surface area contributed by atoms with Crippen LogP contribution in [-0.2, 0) is 9.53 Å². The number of hydrogen-bond acceptors (Lipinski definition) is 4. The molecule has 1 amide bonds. The minimum atomic E-state index is -0.312. The Morgan fingerprint density at radius 1 is 1.53 bits per heavy atom. The molecule has 1 heterocycles. The first-order valence-electron chi connectivity index (χ1n) is 5.32. The van der Waals surface area contributed by atoms with Gasteiger partial charge in [0.1, 0.15) is 0 Å². The molecule has 6 heteroatoms. The van der Waals surface area contributed by atoms with Crippen LogP contribution in [0.25, 0.3) is 0 Å². The zero-order chi connectivity index (χ0) is 12.7. The molecule has 0 saturated heterocycles. The number of carbonyl (C=O) groups is 2. The summed E-state index contributed by atoms with van der Waals surface area (Å²) < 4.78 is 9.55. The highest BCUT2D eigenvalue weighted by atomic mass is 35.5. The number of carbonyl (C=O) groups excluding carboxylic acids is 2. The summed E-state index contributed by atoms with van der Waals surface area (Å²) in [5.41, 5.74) is 0.294. The molecule has 0 aromatic carbocycles. The predicted octanol–water partition coefficient (Wildman–Crippen LogP) is 2.01. The molecule has 1 aromatic heterocycles. The third-order valence-electron chi connectivity index (χ3n) is 2.01. The Labute approximate surface area is 104 Å². The largest absolute Gasteiger partial charge is 0.466 e. The number of hydrogen-bond donors (Lipinski definition) is 1. The summed E-state index contributed by atoms with van der Waals surface area (Å²) in [6.45, 7) is 2.51. The van der Waals surface area contributed by atoms with Crippen molar-refractivity contribution < 1.29 is 18.7 Å². The molecule has 0 aliphatic carbocycles. The van der Waals surface area contributed by atoms with Crippen LogP contribution in [0, 0.1) is 0 Å². The van der Waals surface area contributed by atoms with Crippen molar-refractivity contribution in [3.05, 3.63) is 23.1 Å². The van der Waals surface area contributed by atoms with Gasteiger partial charge in [-0.25, -0.2) is 0 Å². The van der Waals surface area contributed by atoms with Crippen LogP contribution in [0.2, 0.25) is 5.22 Å². The number of halogens is 1. The van der Waals surface area contributed by atoms with Gasteiger partial charge in [-0.1, -0.05) is 0 Å². The third-order valence-corrected chi connectivity index (χ3v) is 2.30. The molecular formula is C11H14ClNO4. The van der Waals surface area contributed by atoms with Gasteiger partial charge in [0.25, 0.3) is 5.91 Å². The van der Waals surface area contributed by atoms with Crippen LogP contribution in [0.1, 0.15) is 30.1 Å². The Morgan fingerprint density at radius 3 is 2.88 bits per heavy atom. The normalized spacial score (nSPS) is 10.0. The molecule has 0 radical (unpaired) electrons. The van der Waals surface area contributed by atoms with Gasteiger partial charge in [-0.15, -0.1) is 0 Å². The third kappa shape index (κ3) is 4.48. The Kier molecular flexibility index (Phi) is 5.56. The molecule has 0 saturated carbocycles. The zero-order valence-electron chi connectivity index (χ0n) is 9.49. The first-order valence-corrected chi connectivity index (χ1v) is 5.69. The highest BCUT2D eigenvalue weighted by molar-refractivity contribution is 6.32. The van der Waals surface area contributed by atoms with Gasteiger partial charge >= 0.3 is 5.97 Å². The monoisotopic (exact) mass is 259 g/mol. The second-order valence-corrected chi connectivity index (χ2v) is 3.62. The molecule has 0 fully saturated rings. The summed E-state index contributed by atoms with van der Waals surface area (Å²) in [5.74, 6) is -0.573. The Morgan fingerprint density at radius 2 is 2.29 bits per heavy atom. The summed E-state index contributed by atoms with van der Waals surface area (Å²) in [6, 6.07) is 1.49. The SMILES string of the molecule is CCOC(=O)CCCNC(=O)c1ccoc1Cl. The first-order chi connectivity index (χ1) is 8.15. The number of rotatable bonds is 6. The first kappa shape index (κ1) is 13.6. The molecule has 1 N–H and O–H groups in total. The van der Waals surface area contributed by atoms with Crippen LogP contribution < -0.4 is 5.32 Å². The van der Waals surface area contributed by atoms with E-state index in [2.05, 4.69) is 5.32 Å². The molecule has 0 atom stereocenters. The van der Waals surface area contributed by atoms with E-state index in [9.17, 15) is 9.59 Å². The van der Waals surface area contributed by atoms with E-state index in [0.29, 0.717) is 25.1 Å². The van der Waals surface area contributed by atoms with Gasteiger partial charge < -0.3 is 14.5 Å². The molecule has 94 valence electrons. The Balaban J connectivity index is 2.21. The zero-order valence-corrected chi connectivity index (χ0v) is 10.3. The van der Waals surface area contributed by atoms with E-state index in [1.807, 2.05) is 0 Å². The van der Waals surface area contributed by atoms with Crippen LogP contribution in [0.15, 0.2) is 16.7 Å². The Hall–Kier alpha value is -1.49. The predicted molar refractivity (Wildman–Crippen MR) is 61.9 cm³/mol. The van der Waals surface area contributed by atoms with Crippen molar-refractivity contribution in [1.82, 2.24) is 5.32 Å². The van der Waals surface area contributed by atoms with Crippen molar-refractivity contribution in [2.24, 2.45) is 0 Å². The van der Waals surface area contributed by atoms with E-state index in [1.54, 1.807) is 6.92 Å². The van der Waals surface area contributed by atoms with E-state index >= 15 is 0 Å². The number of amides is 1. The maximum atomic E-state index is 11.5. The molecule has 0 aliphatic rings. The minimum Gasteiger partial charge on any atom is -0.466 e. The topological polar surface area (TPSA) is 68.5 Å². The fraction of sp³-hybridized carbons (Fsp3) is 0.455. The highest BCUT2D eigenvalue weighted by Gasteiger charge is 2.12. The van der Waals surface area contributed by atoms with Gasteiger partial charge in [-0.05, 0) is 31.0 Å². The molecule has 0 unspecified atom stereocenters. The molecule has 17 heavy (non-hydrogen) atoms. The molecule has 0 bridgehead atoms. The van der Waals surface area contributed by atoms with Crippen molar-refractivity contribution in [2.75, 3.05) is 13.2 Å². The Bertz CT molecular complexity index is 389. The van der Waals surface area contributed by atoms with Gasteiger partial charge in [0, 0.05) is 13.0 Å². The summed E-state index contributed by atoms with van der Waals surface area (Å²) in [5, 5.41) is 2.70. The maximum absolute atomic E-state index is 11.5. The lowest BCUT2D eigenvalue weighted by Crippen LogP contribution is -2.24. The molecule has 0 aliphatic heterocycles. The van der Waals surface area contributed by atoms with E-state index in [4.69, 9.17) is 20.8 Å². The van der Waals surface area contributed by atoms with Gasteiger partial charge in [-0.2, -0.15) is 0 Å². The minimum absolute atomic E-state index is 0.0629. The fourth-order valence-corrected chi connectivity index (χ4v) is 1.42. The molecule has 5 nitrogen and oxygen atoms in total. The smallest absolute Gasteiger partial charge is 0.305 e. The average molecular weight is 260 g/mol. The second kappa shape index (κ2) is 6.96. The van der Waals surface area contributed by atoms with E-state index < -0.39 is 0 Å². The maximum Gasteiger partial charge on any atom is 0.305 e. The quantitative estimate of drug-likeness (QED) is 0.627. The lowest BCUT2D eigenvalue weighted by molar-refractivity contribution is -0.143.